The molecule has 0 bridgehead atoms. The average molecular weight is 542 g/mol. The summed E-state index contributed by atoms with van der Waals surface area (Å²) in [6.45, 7) is 1.83. The number of sulfonamides is 1. The van der Waals surface area contributed by atoms with Crippen LogP contribution in [0.4, 0.5) is 10.8 Å². The van der Waals surface area contributed by atoms with Crippen LogP contribution in [0.1, 0.15) is 39.2 Å². The van der Waals surface area contributed by atoms with Crippen LogP contribution in [0, 0.1) is 0 Å². The van der Waals surface area contributed by atoms with E-state index in [-0.39, 0.29) is 26.8 Å². The fourth-order valence-corrected chi connectivity index (χ4v) is 5.30. The Morgan fingerprint density at radius 2 is 1.56 bits per heavy atom. The quantitative estimate of drug-likeness (QED) is 0.276. The van der Waals surface area contributed by atoms with E-state index < -0.39 is 21.8 Å². The molecule has 3 N–H and O–H groups in total. The van der Waals surface area contributed by atoms with Crippen LogP contribution in [0.5, 0.6) is 0 Å². The molecule has 0 aliphatic rings. The van der Waals surface area contributed by atoms with E-state index in [0.29, 0.717) is 21.9 Å². The first-order valence-corrected chi connectivity index (χ1v) is 13.3. The molecule has 3 aromatic carbocycles. The van der Waals surface area contributed by atoms with Gasteiger partial charge >= 0.3 is 0 Å². The van der Waals surface area contributed by atoms with Crippen molar-refractivity contribution in [1.82, 2.24) is 15.5 Å². The Hall–Kier alpha value is -3.80. The molecule has 0 spiro atoms. The van der Waals surface area contributed by atoms with Gasteiger partial charge in [0.1, 0.15) is 0 Å². The number of nitrogens with zero attached hydrogens (tertiary/aromatic N) is 2. The molecule has 0 saturated carbocycles. The van der Waals surface area contributed by atoms with Gasteiger partial charge in [0.25, 0.3) is 26.2 Å². The first-order valence-electron chi connectivity index (χ1n) is 10.6. The highest BCUT2D eigenvalue weighted by atomic mass is 35.5. The minimum absolute atomic E-state index is 0.00182. The summed E-state index contributed by atoms with van der Waals surface area (Å²) in [4.78, 5) is 25.3. The van der Waals surface area contributed by atoms with Gasteiger partial charge in [-0.15, -0.1) is 10.2 Å². The maximum Gasteiger partial charge on any atom is 0.291 e. The summed E-state index contributed by atoms with van der Waals surface area (Å²) < 4.78 is 27.9. The van der Waals surface area contributed by atoms with Crippen LogP contribution in [0.2, 0.25) is 5.02 Å². The lowest BCUT2D eigenvalue weighted by atomic mass is 10.1. The van der Waals surface area contributed by atoms with Crippen molar-refractivity contribution in [2.75, 3.05) is 10.0 Å². The summed E-state index contributed by atoms with van der Waals surface area (Å²) in [5.41, 5.74) is 1.45. The second-order valence-corrected chi connectivity index (χ2v) is 10.9. The van der Waals surface area contributed by atoms with Gasteiger partial charge in [-0.2, -0.15) is 8.42 Å². The maximum atomic E-state index is 13.0. The lowest BCUT2D eigenvalue weighted by Gasteiger charge is -2.16. The number of benzene rings is 3. The Labute approximate surface area is 216 Å². The van der Waals surface area contributed by atoms with E-state index in [0.717, 1.165) is 5.56 Å². The molecular weight excluding hydrogens is 522 g/mol. The van der Waals surface area contributed by atoms with Crippen LogP contribution in [0.15, 0.2) is 83.2 Å². The Balaban J connectivity index is 1.48. The lowest BCUT2D eigenvalue weighted by Crippen LogP contribution is -2.28. The summed E-state index contributed by atoms with van der Waals surface area (Å²) in [6.07, 6.45) is 0. The molecule has 1 heterocycles. The van der Waals surface area contributed by atoms with Gasteiger partial charge in [0.2, 0.25) is 5.13 Å². The summed E-state index contributed by atoms with van der Waals surface area (Å²) in [7, 11) is -4.19. The van der Waals surface area contributed by atoms with Crippen molar-refractivity contribution in [2.45, 2.75) is 17.3 Å². The van der Waals surface area contributed by atoms with Crippen LogP contribution in [-0.2, 0) is 10.0 Å². The molecule has 0 fully saturated rings. The van der Waals surface area contributed by atoms with E-state index in [1.54, 1.807) is 24.3 Å². The standard InChI is InChI=1S/C24H20ClN5O4S2/c1-15(16-7-3-2-4-8-16)26-22(32)19-9-5-6-10-20(19)30-36(33,34)24-29-28-23(35-24)27-21(31)17-11-13-18(25)14-12-17/h2-15,30H,1H3,(H,26,32)(H,27,28,31)/t15-/m1/s1. The molecular formula is C24H20ClN5O4S2. The topological polar surface area (TPSA) is 130 Å². The molecule has 0 aliphatic heterocycles. The smallest absolute Gasteiger partial charge is 0.291 e. The molecule has 0 unspecified atom stereocenters. The van der Waals surface area contributed by atoms with Gasteiger partial charge in [0.05, 0.1) is 17.3 Å². The van der Waals surface area contributed by atoms with Crippen LogP contribution < -0.4 is 15.4 Å². The van der Waals surface area contributed by atoms with Crippen molar-refractivity contribution in [2.24, 2.45) is 0 Å². The predicted molar refractivity (Wildman–Crippen MR) is 139 cm³/mol. The fraction of sp³-hybridized carbons (Fsp3) is 0.0833. The number of halogens is 1. The fourth-order valence-electron chi connectivity index (χ4n) is 3.20. The molecule has 9 nitrogen and oxygen atoms in total. The van der Waals surface area contributed by atoms with Crippen molar-refractivity contribution in [3.05, 3.63) is 101 Å². The second-order valence-electron chi connectivity index (χ2n) is 7.59. The zero-order valence-corrected chi connectivity index (χ0v) is 21.2. The average Bonchev–Trinajstić information content (AvgIpc) is 3.34. The Kier molecular flexibility index (Phi) is 7.63. The van der Waals surface area contributed by atoms with Crippen molar-refractivity contribution in [3.63, 3.8) is 0 Å². The maximum absolute atomic E-state index is 13.0. The molecule has 1 aromatic heterocycles. The third-order valence-corrected chi connectivity index (χ3v) is 7.85. The zero-order valence-electron chi connectivity index (χ0n) is 18.8. The molecule has 2 amide bonds. The van der Waals surface area contributed by atoms with Crippen LogP contribution in [-0.4, -0.2) is 30.4 Å². The summed E-state index contributed by atoms with van der Waals surface area (Å²) in [5.74, 6) is -0.938. The van der Waals surface area contributed by atoms with Crippen LogP contribution >= 0.6 is 22.9 Å². The molecule has 4 rings (SSSR count). The SMILES string of the molecule is C[C@@H](NC(=O)c1ccccc1NS(=O)(=O)c1nnc(NC(=O)c2ccc(Cl)cc2)s1)c1ccccc1. The van der Waals surface area contributed by atoms with E-state index in [1.165, 1.54) is 24.3 Å². The molecule has 0 radical (unpaired) electrons. The number of anilines is 2. The highest BCUT2D eigenvalue weighted by molar-refractivity contribution is 7.94. The predicted octanol–water partition coefficient (Wildman–Crippen LogP) is 4.74. The first-order chi connectivity index (χ1) is 17.2. The third kappa shape index (κ3) is 6.06. The summed E-state index contributed by atoms with van der Waals surface area (Å²) in [6, 6.07) is 21.5. The van der Waals surface area contributed by atoms with Crippen LogP contribution in [0.3, 0.4) is 0 Å². The number of rotatable bonds is 8. The zero-order chi connectivity index (χ0) is 25.7. The normalized spacial score (nSPS) is 11.9. The largest absolute Gasteiger partial charge is 0.345 e. The molecule has 0 saturated heterocycles. The van der Waals surface area contributed by atoms with E-state index in [4.69, 9.17) is 11.6 Å². The number of hydrogen-bond donors (Lipinski definition) is 3. The number of para-hydroxylation sites is 1. The number of nitrogens with one attached hydrogen (secondary N) is 3. The summed E-state index contributed by atoms with van der Waals surface area (Å²) in [5, 5.41) is 13.3. The molecule has 36 heavy (non-hydrogen) atoms. The van der Waals surface area contributed by atoms with Gasteiger partial charge in [-0.3, -0.25) is 19.6 Å². The van der Waals surface area contributed by atoms with Crippen molar-refractivity contribution < 1.29 is 18.0 Å². The Bertz CT molecular complexity index is 1490. The van der Waals surface area contributed by atoms with Gasteiger partial charge in [-0.25, -0.2) is 0 Å². The molecule has 184 valence electrons. The number of aromatic nitrogens is 2. The van der Waals surface area contributed by atoms with Gasteiger partial charge < -0.3 is 5.32 Å². The number of carbonyl (C=O) groups excluding carboxylic acids is 2. The van der Waals surface area contributed by atoms with Gasteiger partial charge in [-0.05, 0) is 48.9 Å². The Morgan fingerprint density at radius 3 is 2.28 bits per heavy atom. The second kappa shape index (κ2) is 10.9. The van der Waals surface area contributed by atoms with Crippen molar-refractivity contribution >= 4 is 55.6 Å². The molecule has 1 atom stereocenters. The van der Waals surface area contributed by atoms with Gasteiger partial charge in [0, 0.05) is 10.6 Å². The minimum Gasteiger partial charge on any atom is -0.345 e. The van der Waals surface area contributed by atoms with Gasteiger partial charge in [0.15, 0.2) is 0 Å². The molecule has 4 aromatic rings. The molecule has 0 aliphatic carbocycles. The summed E-state index contributed by atoms with van der Waals surface area (Å²) >= 11 is 6.51. The first kappa shape index (κ1) is 25.3. The van der Waals surface area contributed by atoms with Crippen molar-refractivity contribution in [3.8, 4) is 0 Å². The van der Waals surface area contributed by atoms with E-state index >= 15 is 0 Å². The molecule has 12 heteroatoms. The van der Waals surface area contributed by atoms with Crippen LogP contribution in [0.25, 0.3) is 0 Å². The van der Waals surface area contributed by atoms with Gasteiger partial charge in [-0.1, -0.05) is 65.4 Å². The van der Waals surface area contributed by atoms with Crippen molar-refractivity contribution in [1.29, 1.82) is 0 Å². The van der Waals surface area contributed by atoms with E-state index in [9.17, 15) is 18.0 Å². The Morgan fingerprint density at radius 1 is 0.889 bits per heavy atom. The lowest BCUT2D eigenvalue weighted by molar-refractivity contribution is 0.0940. The number of hydrogen-bond acceptors (Lipinski definition) is 7. The third-order valence-electron chi connectivity index (χ3n) is 5.03. The minimum atomic E-state index is -4.19. The number of carbonyl (C=O) groups is 2. The number of amides is 2. The monoisotopic (exact) mass is 541 g/mol. The highest BCUT2D eigenvalue weighted by Crippen LogP contribution is 2.25. The van der Waals surface area contributed by atoms with E-state index in [2.05, 4.69) is 25.6 Å². The van der Waals surface area contributed by atoms with E-state index in [1.807, 2.05) is 37.3 Å². The highest BCUT2D eigenvalue weighted by Gasteiger charge is 2.24.